The van der Waals surface area contributed by atoms with Crippen molar-refractivity contribution in [3.63, 3.8) is 0 Å². The van der Waals surface area contributed by atoms with Gasteiger partial charge in [-0.25, -0.2) is 0 Å². The van der Waals surface area contributed by atoms with E-state index in [9.17, 15) is 4.79 Å². The third kappa shape index (κ3) is 4.55. The van der Waals surface area contributed by atoms with Gasteiger partial charge in [0.15, 0.2) is 0 Å². The number of hydrogen-bond acceptors (Lipinski definition) is 3. The van der Waals surface area contributed by atoms with Crippen molar-refractivity contribution in [3.8, 4) is 0 Å². The van der Waals surface area contributed by atoms with Crippen LogP contribution >= 0.6 is 0 Å². The van der Waals surface area contributed by atoms with Crippen LogP contribution in [0.2, 0.25) is 0 Å². The smallest absolute Gasteiger partial charge is 0.237 e. The molecular formula is C18H28N2O2. The Morgan fingerprint density at radius 2 is 2.09 bits per heavy atom. The number of amides is 1. The van der Waals surface area contributed by atoms with E-state index in [2.05, 4.69) is 36.2 Å². The first-order valence-electron chi connectivity index (χ1n) is 8.20. The van der Waals surface area contributed by atoms with Crippen LogP contribution in [-0.2, 0) is 16.1 Å². The van der Waals surface area contributed by atoms with E-state index in [1.165, 1.54) is 5.56 Å². The summed E-state index contributed by atoms with van der Waals surface area (Å²) in [7, 11) is 1.70. The maximum absolute atomic E-state index is 12.5. The van der Waals surface area contributed by atoms with Crippen LogP contribution in [-0.4, -0.2) is 43.2 Å². The zero-order chi connectivity index (χ0) is 15.9. The highest BCUT2D eigenvalue weighted by molar-refractivity contribution is 5.82. The van der Waals surface area contributed by atoms with Crippen LogP contribution < -0.4 is 5.32 Å². The summed E-state index contributed by atoms with van der Waals surface area (Å²) in [6, 6.07) is 10.3. The van der Waals surface area contributed by atoms with Crippen LogP contribution in [0.4, 0.5) is 0 Å². The highest BCUT2D eigenvalue weighted by Gasteiger charge is 2.30. The molecular weight excluding hydrogens is 276 g/mol. The number of nitrogens with one attached hydrogen (secondary N) is 1. The number of carbonyl (C=O) groups excluding carboxylic acids is 1. The van der Waals surface area contributed by atoms with E-state index in [4.69, 9.17) is 4.74 Å². The minimum Gasteiger partial charge on any atom is -0.379 e. The third-order valence-electron chi connectivity index (χ3n) is 4.42. The molecule has 2 rings (SSSR count). The van der Waals surface area contributed by atoms with Crippen LogP contribution in [0.25, 0.3) is 0 Å². The summed E-state index contributed by atoms with van der Waals surface area (Å²) in [4.78, 5) is 14.8. The van der Waals surface area contributed by atoms with Crippen molar-refractivity contribution >= 4 is 5.91 Å². The van der Waals surface area contributed by atoms with Gasteiger partial charge in [-0.15, -0.1) is 0 Å². The molecule has 1 aromatic carbocycles. The van der Waals surface area contributed by atoms with Gasteiger partial charge in [0.2, 0.25) is 5.91 Å². The van der Waals surface area contributed by atoms with E-state index < -0.39 is 0 Å². The number of ether oxygens (including phenoxy) is 1. The fourth-order valence-corrected chi connectivity index (χ4v) is 3.04. The summed E-state index contributed by atoms with van der Waals surface area (Å²) in [5.74, 6) is 0.533. The Kier molecular flexibility index (Phi) is 6.40. The summed E-state index contributed by atoms with van der Waals surface area (Å²) in [6.45, 7) is 6.64. The summed E-state index contributed by atoms with van der Waals surface area (Å²) < 4.78 is 5.42. The lowest BCUT2D eigenvalue weighted by Gasteiger charge is -2.25. The van der Waals surface area contributed by atoms with E-state index in [-0.39, 0.29) is 18.1 Å². The van der Waals surface area contributed by atoms with Crippen LogP contribution in [0.5, 0.6) is 0 Å². The fraction of sp³-hybridized carbons (Fsp3) is 0.611. The van der Waals surface area contributed by atoms with Gasteiger partial charge in [-0.2, -0.15) is 0 Å². The van der Waals surface area contributed by atoms with Gasteiger partial charge >= 0.3 is 0 Å². The summed E-state index contributed by atoms with van der Waals surface area (Å²) in [5.41, 5.74) is 1.26. The maximum atomic E-state index is 12.5. The fourth-order valence-electron chi connectivity index (χ4n) is 3.04. The minimum atomic E-state index is -0.00938. The molecule has 0 spiro atoms. The molecule has 0 saturated carbocycles. The highest BCUT2D eigenvalue weighted by atomic mass is 16.5. The van der Waals surface area contributed by atoms with Crippen LogP contribution in [0.15, 0.2) is 30.3 Å². The first kappa shape index (κ1) is 17.0. The first-order chi connectivity index (χ1) is 10.6. The molecule has 1 N–H and O–H groups in total. The summed E-state index contributed by atoms with van der Waals surface area (Å²) >= 11 is 0. The van der Waals surface area contributed by atoms with Gasteiger partial charge in [-0.05, 0) is 30.9 Å². The summed E-state index contributed by atoms with van der Waals surface area (Å²) in [6.07, 6.45) is 2.11. The monoisotopic (exact) mass is 304 g/mol. The maximum Gasteiger partial charge on any atom is 0.237 e. The van der Waals surface area contributed by atoms with Gasteiger partial charge in [0.25, 0.3) is 0 Å². The van der Waals surface area contributed by atoms with Gasteiger partial charge in [0.1, 0.15) is 0 Å². The topological polar surface area (TPSA) is 41.6 Å². The lowest BCUT2D eigenvalue weighted by atomic mass is 10.1. The Morgan fingerprint density at radius 1 is 1.36 bits per heavy atom. The number of methoxy groups -OCH3 is 1. The zero-order valence-corrected chi connectivity index (χ0v) is 13.9. The minimum absolute atomic E-state index is 0.00938. The van der Waals surface area contributed by atoms with Crippen molar-refractivity contribution in [2.75, 3.05) is 20.2 Å². The average Bonchev–Trinajstić information content (AvgIpc) is 2.96. The lowest BCUT2D eigenvalue weighted by Crippen LogP contribution is -2.46. The molecule has 0 bridgehead atoms. The molecule has 1 aliphatic rings. The van der Waals surface area contributed by atoms with Crippen molar-refractivity contribution < 1.29 is 9.53 Å². The molecule has 122 valence electrons. The predicted molar refractivity (Wildman–Crippen MR) is 88.5 cm³/mol. The van der Waals surface area contributed by atoms with Crippen LogP contribution in [0, 0.1) is 5.92 Å². The van der Waals surface area contributed by atoms with E-state index >= 15 is 0 Å². The largest absolute Gasteiger partial charge is 0.379 e. The molecule has 4 nitrogen and oxygen atoms in total. The second-order valence-electron chi connectivity index (χ2n) is 6.38. The number of nitrogens with zero attached hydrogens (tertiary/aromatic N) is 1. The molecule has 1 saturated heterocycles. The van der Waals surface area contributed by atoms with Gasteiger partial charge < -0.3 is 10.1 Å². The zero-order valence-electron chi connectivity index (χ0n) is 13.9. The number of carbonyl (C=O) groups is 1. The predicted octanol–water partition coefficient (Wildman–Crippen LogP) is 2.44. The molecule has 1 amide bonds. The molecule has 1 aromatic rings. The summed E-state index contributed by atoms with van der Waals surface area (Å²) in [5, 5.41) is 3.07. The second-order valence-corrected chi connectivity index (χ2v) is 6.38. The lowest BCUT2D eigenvalue weighted by molar-refractivity contribution is -0.126. The van der Waals surface area contributed by atoms with Gasteiger partial charge in [-0.3, -0.25) is 9.69 Å². The van der Waals surface area contributed by atoms with Crippen molar-refractivity contribution in [1.29, 1.82) is 0 Å². The van der Waals surface area contributed by atoms with Crippen molar-refractivity contribution in [2.24, 2.45) is 5.92 Å². The van der Waals surface area contributed by atoms with Gasteiger partial charge in [-0.1, -0.05) is 44.2 Å². The second kappa shape index (κ2) is 8.30. The Morgan fingerprint density at radius 3 is 2.73 bits per heavy atom. The van der Waals surface area contributed by atoms with E-state index in [1.807, 2.05) is 18.2 Å². The third-order valence-corrected chi connectivity index (χ3v) is 4.42. The van der Waals surface area contributed by atoms with Crippen LogP contribution in [0.1, 0.15) is 32.3 Å². The number of hydrogen-bond donors (Lipinski definition) is 1. The highest BCUT2D eigenvalue weighted by Crippen LogP contribution is 2.20. The molecule has 0 radical (unpaired) electrons. The van der Waals surface area contributed by atoms with Crippen molar-refractivity contribution in [2.45, 2.75) is 45.4 Å². The molecule has 2 unspecified atom stereocenters. The van der Waals surface area contributed by atoms with Crippen molar-refractivity contribution in [3.05, 3.63) is 35.9 Å². The molecule has 1 heterocycles. The molecule has 2 atom stereocenters. The van der Waals surface area contributed by atoms with Crippen molar-refractivity contribution in [1.82, 2.24) is 10.2 Å². The Hall–Kier alpha value is -1.39. The van der Waals surface area contributed by atoms with Gasteiger partial charge in [0, 0.05) is 20.2 Å². The number of rotatable bonds is 7. The van der Waals surface area contributed by atoms with Gasteiger partial charge in [0.05, 0.1) is 12.1 Å². The Labute approximate surface area is 133 Å². The molecule has 22 heavy (non-hydrogen) atoms. The first-order valence-corrected chi connectivity index (χ1v) is 8.20. The number of benzene rings is 1. The molecule has 0 aromatic heterocycles. The SMILES string of the molecule is COC(CNC(=O)C1CCCN1Cc1ccccc1)C(C)C. The average molecular weight is 304 g/mol. The standard InChI is InChI=1S/C18H28N2O2/c1-14(2)17(22-3)12-19-18(21)16-10-7-11-20(16)13-15-8-5-4-6-9-15/h4-6,8-9,14,16-17H,7,10-13H2,1-3H3,(H,19,21). The van der Waals surface area contributed by atoms with Crippen LogP contribution in [0.3, 0.4) is 0 Å². The number of likely N-dealkylation sites (tertiary alicyclic amines) is 1. The quantitative estimate of drug-likeness (QED) is 0.841. The molecule has 1 aliphatic heterocycles. The van der Waals surface area contributed by atoms with E-state index in [0.29, 0.717) is 12.5 Å². The Balaban J connectivity index is 1.88. The molecule has 1 fully saturated rings. The molecule has 4 heteroatoms. The van der Waals surface area contributed by atoms with E-state index in [0.717, 1.165) is 25.9 Å². The molecule has 0 aliphatic carbocycles. The Bertz CT molecular complexity index is 461. The van der Waals surface area contributed by atoms with E-state index in [1.54, 1.807) is 7.11 Å². The normalized spacial score (nSPS) is 20.3.